The Morgan fingerprint density at radius 2 is 1.12 bits per heavy atom. The average molecular weight is 552 g/mol. The Kier molecular flexibility index (Phi) is 5.20. The highest BCUT2D eigenvalue weighted by atomic mass is 32.2. The first kappa shape index (κ1) is 23.6. The lowest BCUT2D eigenvalue weighted by molar-refractivity contribution is 1.18. The minimum Gasteiger partial charge on any atom is -0.309 e. The standard InChI is InChI=1S/C40H25NS/c1-2-11-30(12-3-1)41-36-17-5-4-13-32(36)34-16-8-14-31(40(34)41)27-21-19-26(20-22-27)29-23-24-37-35(25-29)33-15-6-9-28-10-7-18-38(42-37)39(28)33/h1-25H. The van der Waals surface area contributed by atoms with Gasteiger partial charge in [-0.2, -0.15) is 0 Å². The molecule has 1 aliphatic heterocycles. The van der Waals surface area contributed by atoms with Gasteiger partial charge in [0.05, 0.1) is 11.0 Å². The molecule has 1 nitrogen and oxygen atoms in total. The zero-order valence-corrected chi connectivity index (χ0v) is 23.6. The fraction of sp³-hybridized carbons (Fsp3) is 0. The highest BCUT2D eigenvalue weighted by Crippen LogP contribution is 2.49. The Bertz CT molecular complexity index is 2300. The van der Waals surface area contributed by atoms with Gasteiger partial charge in [0, 0.05) is 37.2 Å². The van der Waals surface area contributed by atoms with Crippen LogP contribution in [0.3, 0.4) is 0 Å². The van der Waals surface area contributed by atoms with E-state index in [1.54, 1.807) is 0 Å². The van der Waals surface area contributed by atoms with Gasteiger partial charge in [-0.15, -0.1) is 0 Å². The van der Waals surface area contributed by atoms with Crippen molar-refractivity contribution in [1.29, 1.82) is 0 Å². The Hall–Kier alpha value is -5.05. The summed E-state index contributed by atoms with van der Waals surface area (Å²) >= 11 is 1.88. The molecule has 0 saturated carbocycles. The lowest BCUT2D eigenvalue weighted by Gasteiger charge is -2.21. The summed E-state index contributed by atoms with van der Waals surface area (Å²) in [5, 5.41) is 5.22. The fourth-order valence-corrected chi connectivity index (χ4v) is 7.81. The Labute approximate surface area is 248 Å². The molecule has 42 heavy (non-hydrogen) atoms. The predicted octanol–water partition coefficient (Wildman–Crippen LogP) is 11.4. The number of hydrogen-bond acceptors (Lipinski definition) is 1. The lowest BCUT2D eigenvalue weighted by atomic mass is 9.94. The van der Waals surface area contributed by atoms with Crippen molar-refractivity contribution in [2.45, 2.75) is 9.79 Å². The quantitative estimate of drug-likeness (QED) is 0.211. The van der Waals surface area contributed by atoms with E-state index in [0.29, 0.717) is 0 Å². The zero-order chi connectivity index (χ0) is 27.6. The molecule has 0 saturated heterocycles. The lowest BCUT2D eigenvalue weighted by Crippen LogP contribution is -1.95. The number of para-hydroxylation sites is 3. The van der Waals surface area contributed by atoms with E-state index in [2.05, 4.69) is 156 Å². The van der Waals surface area contributed by atoms with Gasteiger partial charge in [-0.3, -0.25) is 0 Å². The zero-order valence-electron chi connectivity index (χ0n) is 22.8. The van der Waals surface area contributed by atoms with Crippen LogP contribution in [0, 0.1) is 0 Å². The van der Waals surface area contributed by atoms with Crippen LogP contribution >= 0.6 is 11.8 Å². The Morgan fingerprint density at radius 1 is 0.429 bits per heavy atom. The van der Waals surface area contributed by atoms with Gasteiger partial charge < -0.3 is 4.57 Å². The number of aromatic nitrogens is 1. The molecular weight excluding hydrogens is 527 g/mol. The maximum Gasteiger partial charge on any atom is 0.0619 e. The third-order valence-corrected chi connectivity index (χ3v) is 9.73. The van der Waals surface area contributed by atoms with E-state index in [1.165, 1.54) is 81.4 Å². The van der Waals surface area contributed by atoms with Gasteiger partial charge in [-0.25, -0.2) is 0 Å². The second-order valence-electron chi connectivity index (χ2n) is 10.9. The summed E-state index contributed by atoms with van der Waals surface area (Å²) in [4.78, 5) is 2.66. The first-order valence-corrected chi connectivity index (χ1v) is 15.2. The molecule has 8 aromatic rings. The van der Waals surface area contributed by atoms with Crippen molar-refractivity contribution in [2.75, 3.05) is 0 Å². The van der Waals surface area contributed by atoms with Crippen LogP contribution < -0.4 is 0 Å². The van der Waals surface area contributed by atoms with E-state index in [9.17, 15) is 0 Å². The highest BCUT2D eigenvalue weighted by molar-refractivity contribution is 7.99. The normalized spacial score (nSPS) is 12.2. The van der Waals surface area contributed by atoms with Crippen molar-refractivity contribution in [1.82, 2.24) is 4.57 Å². The molecule has 0 amide bonds. The van der Waals surface area contributed by atoms with Crippen LogP contribution in [0.1, 0.15) is 0 Å². The molecule has 0 bridgehead atoms. The third-order valence-electron chi connectivity index (χ3n) is 8.59. The van der Waals surface area contributed by atoms with E-state index in [-0.39, 0.29) is 0 Å². The van der Waals surface area contributed by atoms with Crippen molar-refractivity contribution in [3.05, 3.63) is 152 Å². The molecule has 0 spiro atoms. The molecule has 1 aliphatic rings. The molecule has 2 heteroatoms. The van der Waals surface area contributed by atoms with Crippen molar-refractivity contribution >= 4 is 44.3 Å². The molecule has 9 rings (SSSR count). The van der Waals surface area contributed by atoms with Gasteiger partial charge >= 0.3 is 0 Å². The maximum absolute atomic E-state index is 2.41. The first-order chi connectivity index (χ1) is 20.8. The summed E-state index contributed by atoms with van der Waals surface area (Å²) in [6.45, 7) is 0. The molecule has 0 unspecified atom stereocenters. The second kappa shape index (κ2) is 9.24. The van der Waals surface area contributed by atoms with Crippen molar-refractivity contribution in [2.24, 2.45) is 0 Å². The summed E-state index contributed by atoms with van der Waals surface area (Å²) in [5.41, 5.74) is 11.2. The molecular formula is C40H25NS. The van der Waals surface area contributed by atoms with E-state index >= 15 is 0 Å². The smallest absolute Gasteiger partial charge is 0.0619 e. The second-order valence-corrected chi connectivity index (χ2v) is 12.0. The minimum absolute atomic E-state index is 1.18. The summed E-state index contributed by atoms with van der Waals surface area (Å²) in [5.74, 6) is 0. The summed E-state index contributed by atoms with van der Waals surface area (Å²) < 4.78 is 2.41. The van der Waals surface area contributed by atoms with E-state index in [4.69, 9.17) is 0 Å². The molecule has 0 atom stereocenters. The Morgan fingerprint density at radius 3 is 2.00 bits per heavy atom. The fourth-order valence-electron chi connectivity index (χ4n) is 6.68. The van der Waals surface area contributed by atoms with Gasteiger partial charge in [0.2, 0.25) is 0 Å². The van der Waals surface area contributed by atoms with Crippen molar-refractivity contribution in [3.8, 4) is 39.1 Å². The largest absolute Gasteiger partial charge is 0.309 e. The van der Waals surface area contributed by atoms with Crippen LogP contribution in [0.2, 0.25) is 0 Å². The first-order valence-electron chi connectivity index (χ1n) is 14.4. The van der Waals surface area contributed by atoms with Crippen LogP contribution in [0.4, 0.5) is 0 Å². The van der Waals surface area contributed by atoms with E-state index in [1.807, 2.05) is 11.8 Å². The van der Waals surface area contributed by atoms with E-state index in [0.717, 1.165) is 0 Å². The molecule has 7 aromatic carbocycles. The topological polar surface area (TPSA) is 4.93 Å². The molecule has 0 fully saturated rings. The van der Waals surface area contributed by atoms with Crippen LogP contribution in [0.25, 0.3) is 71.6 Å². The van der Waals surface area contributed by atoms with Gasteiger partial charge in [-0.05, 0) is 69.6 Å². The minimum atomic E-state index is 1.18. The highest BCUT2D eigenvalue weighted by Gasteiger charge is 2.20. The molecule has 196 valence electrons. The number of fused-ring (bicyclic) bond motifs is 5. The number of rotatable bonds is 3. The summed E-state index contributed by atoms with van der Waals surface area (Å²) in [6.07, 6.45) is 0. The van der Waals surface area contributed by atoms with Crippen LogP contribution in [-0.2, 0) is 0 Å². The number of hydrogen-bond donors (Lipinski definition) is 0. The Balaban J connectivity index is 1.18. The van der Waals surface area contributed by atoms with Gasteiger partial charge in [0.15, 0.2) is 0 Å². The van der Waals surface area contributed by atoms with Crippen molar-refractivity contribution in [3.63, 3.8) is 0 Å². The van der Waals surface area contributed by atoms with Gasteiger partial charge in [0.25, 0.3) is 0 Å². The van der Waals surface area contributed by atoms with Gasteiger partial charge in [0.1, 0.15) is 0 Å². The van der Waals surface area contributed by atoms with Gasteiger partial charge in [-0.1, -0.05) is 127 Å². The SMILES string of the molecule is c1ccc(-n2c3ccccc3c3cccc(-c4ccc(-c5ccc6c(c5)-c5cccc7cccc(c57)S6)cc4)c32)cc1. The van der Waals surface area contributed by atoms with Crippen molar-refractivity contribution < 1.29 is 0 Å². The number of nitrogens with zero attached hydrogens (tertiary/aromatic N) is 1. The van der Waals surface area contributed by atoms with Crippen LogP contribution in [0.15, 0.2) is 161 Å². The predicted molar refractivity (Wildman–Crippen MR) is 179 cm³/mol. The molecule has 2 heterocycles. The average Bonchev–Trinajstić information content (AvgIpc) is 3.40. The molecule has 0 N–H and O–H groups in total. The molecule has 0 aliphatic carbocycles. The molecule has 1 aromatic heterocycles. The summed E-state index contributed by atoms with van der Waals surface area (Å²) in [7, 11) is 0. The molecule has 0 radical (unpaired) electrons. The van der Waals surface area contributed by atoms with Crippen LogP contribution in [-0.4, -0.2) is 4.57 Å². The third kappa shape index (κ3) is 3.52. The van der Waals surface area contributed by atoms with E-state index < -0.39 is 0 Å². The maximum atomic E-state index is 2.41. The van der Waals surface area contributed by atoms with Crippen LogP contribution in [0.5, 0.6) is 0 Å². The monoisotopic (exact) mass is 551 g/mol. The summed E-state index contributed by atoms with van der Waals surface area (Å²) in [6, 6.07) is 55.4. The number of benzene rings is 7.